The molecule has 9 heteroatoms. The fourth-order valence-electron chi connectivity index (χ4n) is 1.73. The summed E-state index contributed by atoms with van der Waals surface area (Å²) in [7, 11) is 0. The first-order valence-electron chi connectivity index (χ1n) is 7.66. The number of thioether (sulfide) groups is 1. The number of amides is 3. The van der Waals surface area contributed by atoms with Crippen LogP contribution in [0.2, 0.25) is 0 Å². The van der Waals surface area contributed by atoms with Gasteiger partial charge in [-0.15, -0.1) is 16.4 Å². The molecule has 2 rings (SSSR count). The summed E-state index contributed by atoms with van der Waals surface area (Å²) in [5.41, 5.74) is -0.408. The smallest absolute Gasteiger partial charge is 0.321 e. The van der Waals surface area contributed by atoms with Crippen LogP contribution in [0, 0.1) is 0 Å². The molecular weight excluding hydrogens is 358 g/mol. The van der Waals surface area contributed by atoms with Crippen LogP contribution in [-0.2, 0) is 4.79 Å². The number of hydrogen-bond acceptors (Lipinski definition) is 6. The zero-order chi connectivity index (χ0) is 18.4. The lowest BCUT2D eigenvalue weighted by Gasteiger charge is -2.20. The zero-order valence-electron chi connectivity index (χ0n) is 14.5. The molecule has 0 saturated carbocycles. The van der Waals surface area contributed by atoms with E-state index in [0.717, 1.165) is 4.88 Å². The average Bonchev–Trinajstić information content (AvgIpc) is 3.14. The highest BCUT2D eigenvalue weighted by Crippen LogP contribution is 2.20. The van der Waals surface area contributed by atoms with Crippen molar-refractivity contribution < 1.29 is 9.59 Å². The standard InChI is InChI=1S/C16H21N5O2S2/c1-10(13(22)18-14(23)19-16(2,3)4)25-15-17-12(20-21-15)8-7-11-6-5-9-24-11/h5-10H,1-4H3,(H,17,20,21)(H2,18,19,22,23)/b8-7+. The number of nitrogens with one attached hydrogen (secondary N) is 3. The van der Waals surface area contributed by atoms with Gasteiger partial charge in [-0.3, -0.25) is 15.2 Å². The van der Waals surface area contributed by atoms with Crippen molar-refractivity contribution in [2.24, 2.45) is 0 Å². The largest absolute Gasteiger partial charge is 0.333 e. The number of aromatic nitrogens is 3. The molecule has 0 fully saturated rings. The van der Waals surface area contributed by atoms with Gasteiger partial charge in [0.05, 0.1) is 5.25 Å². The Balaban J connectivity index is 1.87. The lowest BCUT2D eigenvalue weighted by Crippen LogP contribution is -2.49. The zero-order valence-corrected chi connectivity index (χ0v) is 16.1. The molecule has 134 valence electrons. The maximum atomic E-state index is 12.1. The Bertz CT molecular complexity index is 747. The summed E-state index contributed by atoms with van der Waals surface area (Å²) >= 11 is 2.81. The quantitative estimate of drug-likeness (QED) is 0.693. The molecule has 0 spiro atoms. The van der Waals surface area contributed by atoms with E-state index in [1.807, 2.05) is 50.4 Å². The Morgan fingerprint density at radius 2 is 2.12 bits per heavy atom. The van der Waals surface area contributed by atoms with Gasteiger partial charge in [0.25, 0.3) is 0 Å². The van der Waals surface area contributed by atoms with E-state index in [1.165, 1.54) is 11.8 Å². The number of imide groups is 1. The van der Waals surface area contributed by atoms with E-state index in [2.05, 4.69) is 25.8 Å². The fraction of sp³-hybridized carbons (Fsp3) is 0.375. The number of H-pyrrole nitrogens is 1. The normalized spacial score (nSPS) is 13.0. The number of hydrogen-bond donors (Lipinski definition) is 3. The van der Waals surface area contributed by atoms with Gasteiger partial charge >= 0.3 is 6.03 Å². The van der Waals surface area contributed by atoms with Crippen molar-refractivity contribution in [1.29, 1.82) is 0 Å². The van der Waals surface area contributed by atoms with Crippen molar-refractivity contribution in [2.45, 2.75) is 43.6 Å². The first-order valence-corrected chi connectivity index (χ1v) is 9.42. The second-order valence-corrected chi connectivity index (χ2v) is 8.59. The summed E-state index contributed by atoms with van der Waals surface area (Å²) in [5.74, 6) is 0.209. The van der Waals surface area contributed by atoms with Gasteiger partial charge < -0.3 is 5.32 Å². The van der Waals surface area contributed by atoms with Gasteiger partial charge in [-0.1, -0.05) is 17.8 Å². The average molecular weight is 380 g/mol. The number of rotatable bonds is 5. The van der Waals surface area contributed by atoms with Crippen molar-refractivity contribution in [3.05, 3.63) is 28.2 Å². The SMILES string of the molecule is CC(Sc1n[nH]c(/C=C/c2cccs2)n1)C(=O)NC(=O)NC(C)(C)C. The molecule has 2 heterocycles. The molecule has 0 aliphatic heterocycles. The van der Waals surface area contributed by atoms with Crippen LogP contribution >= 0.6 is 23.1 Å². The minimum Gasteiger partial charge on any atom is -0.333 e. The van der Waals surface area contributed by atoms with Crippen LogP contribution in [0.4, 0.5) is 4.79 Å². The second-order valence-electron chi connectivity index (χ2n) is 6.31. The molecule has 25 heavy (non-hydrogen) atoms. The maximum absolute atomic E-state index is 12.1. The highest BCUT2D eigenvalue weighted by Gasteiger charge is 2.21. The van der Waals surface area contributed by atoms with E-state index in [1.54, 1.807) is 18.3 Å². The number of aromatic amines is 1. The molecule has 0 radical (unpaired) electrons. The highest BCUT2D eigenvalue weighted by atomic mass is 32.2. The summed E-state index contributed by atoms with van der Waals surface area (Å²) in [5, 5.41) is 13.8. The summed E-state index contributed by atoms with van der Waals surface area (Å²) in [4.78, 5) is 29.2. The van der Waals surface area contributed by atoms with E-state index >= 15 is 0 Å². The van der Waals surface area contributed by atoms with Gasteiger partial charge in [-0.25, -0.2) is 9.78 Å². The number of urea groups is 1. The van der Waals surface area contributed by atoms with Gasteiger partial charge in [0.15, 0.2) is 0 Å². The second kappa shape index (κ2) is 8.30. The lowest BCUT2D eigenvalue weighted by molar-refractivity contribution is -0.119. The molecule has 0 aliphatic rings. The summed E-state index contributed by atoms with van der Waals surface area (Å²) < 4.78 is 0. The maximum Gasteiger partial charge on any atom is 0.321 e. The van der Waals surface area contributed by atoms with Gasteiger partial charge in [-0.05, 0) is 51.3 Å². The molecule has 0 aromatic carbocycles. The Hall–Kier alpha value is -2.13. The topological polar surface area (TPSA) is 99.8 Å². The minimum atomic E-state index is -0.514. The van der Waals surface area contributed by atoms with E-state index in [-0.39, 0.29) is 0 Å². The van der Waals surface area contributed by atoms with E-state index < -0.39 is 22.7 Å². The number of thiophene rings is 1. The van der Waals surface area contributed by atoms with Crippen LogP contribution in [0.3, 0.4) is 0 Å². The van der Waals surface area contributed by atoms with Crippen molar-refractivity contribution in [1.82, 2.24) is 25.8 Å². The molecule has 7 nitrogen and oxygen atoms in total. The van der Waals surface area contributed by atoms with Gasteiger partial charge in [-0.2, -0.15) is 0 Å². The third-order valence-electron chi connectivity index (χ3n) is 2.81. The van der Waals surface area contributed by atoms with Crippen LogP contribution in [0.15, 0.2) is 22.7 Å². The van der Waals surface area contributed by atoms with Crippen LogP contribution < -0.4 is 10.6 Å². The van der Waals surface area contributed by atoms with Crippen molar-refractivity contribution in [2.75, 3.05) is 0 Å². The molecule has 2 aromatic heterocycles. The Kier molecular flexibility index (Phi) is 6.38. The number of carbonyl (C=O) groups excluding carboxylic acids is 2. The van der Waals surface area contributed by atoms with E-state index in [0.29, 0.717) is 11.0 Å². The first-order chi connectivity index (χ1) is 11.7. The van der Waals surface area contributed by atoms with Crippen LogP contribution in [0.5, 0.6) is 0 Å². The minimum absolute atomic E-state index is 0.396. The highest BCUT2D eigenvalue weighted by molar-refractivity contribution is 8.00. The number of nitrogens with zero attached hydrogens (tertiary/aromatic N) is 2. The van der Waals surface area contributed by atoms with Gasteiger partial charge in [0.2, 0.25) is 11.1 Å². The van der Waals surface area contributed by atoms with Gasteiger partial charge in [0.1, 0.15) is 5.82 Å². The van der Waals surface area contributed by atoms with Crippen LogP contribution in [-0.4, -0.2) is 37.9 Å². The molecule has 0 aliphatic carbocycles. The van der Waals surface area contributed by atoms with Crippen molar-refractivity contribution in [3.8, 4) is 0 Å². The van der Waals surface area contributed by atoms with Crippen LogP contribution in [0.25, 0.3) is 12.2 Å². The third-order valence-corrected chi connectivity index (χ3v) is 4.61. The molecular formula is C16H21N5O2S2. The molecule has 3 amide bonds. The Morgan fingerprint density at radius 1 is 1.36 bits per heavy atom. The Labute approximate surface area is 154 Å². The first kappa shape index (κ1) is 19.2. The monoisotopic (exact) mass is 379 g/mol. The van der Waals surface area contributed by atoms with Crippen molar-refractivity contribution in [3.63, 3.8) is 0 Å². The predicted octanol–water partition coefficient (Wildman–Crippen LogP) is 3.14. The number of carbonyl (C=O) groups is 2. The molecule has 3 N–H and O–H groups in total. The Morgan fingerprint density at radius 3 is 2.76 bits per heavy atom. The molecule has 2 aromatic rings. The predicted molar refractivity (Wildman–Crippen MR) is 101 cm³/mol. The van der Waals surface area contributed by atoms with Crippen LogP contribution in [0.1, 0.15) is 38.4 Å². The summed E-state index contributed by atoms with van der Waals surface area (Å²) in [6, 6.07) is 3.46. The molecule has 0 bridgehead atoms. The van der Waals surface area contributed by atoms with Crippen molar-refractivity contribution >= 4 is 47.2 Å². The molecule has 1 atom stereocenters. The van der Waals surface area contributed by atoms with E-state index in [4.69, 9.17) is 0 Å². The third kappa shape index (κ3) is 6.71. The van der Waals surface area contributed by atoms with Gasteiger partial charge in [0, 0.05) is 10.4 Å². The van der Waals surface area contributed by atoms with E-state index in [9.17, 15) is 9.59 Å². The molecule has 0 saturated heterocycles. The fourth-order valence-corrected chi connectivity index (χ4v) is 3.08. The summed E-state index contributed by atoms with van der Waals surface area (Å²) in [6.07, 6.45) is 3.76. The lowest BCUT2D eigenvalue weighted by atomic mass is 10.1. The summed E-state index contributed by atoms with van der Waals surface area (Å²) in [6.45, 7) is 7.22. The molecule has 1 unspecified atom stereocenters.